The van der Waals surface area contributed by atoms with Crippen LogP contribution in [0.15, 0.2) is 12.7 Å². The van der Waals surface area contributed by atoms with Crippen molar-refractivity contribution in [2.45, 2.75) is 24.5 Å². The van der Waals surface area contributed by atoms with Crippen LogP contribution >= 0.6 is 7.82 Å². The number of ether oxygens (including phenoxy) is 1. The SMILES string of the molecule is CNc1ncnc2c1ncn2[C@@H]1O[C@H](COP(=O)(O)O)[C@@H](O)[C@H]1O.[H-].[Na+]. The predicted molar refractivity (Wildman–Crippen MR) is 79.9 cm³/mol. The van der Waals surface area contributed by atoms with Gasteiger partial charge in [0, 0.05) is 7.05 Å². The molecule has 1 saturated heterocycles. The van der Waals surface area contributed by atoms with Crippen LogP contribution in [0.2, 0.25) is 0 Å². The first-order valence-electron chi connectivity index (χ1n) is 6.89. The first-order chi connectivity index (χ1) is 11.3. The van der Waals surface area contributed by atoms with Crippen LogP contribution in [-0.4, -0.2) is 71.5 Å². The Labute approximate surface area is 165 Å². The Morgan fingerprint density at radius 3 is 2.72 bits per heavy atom. The maximum Gasteiger partial charge on any atom is 1.00 e. The molecular weight excluding hydrogens is 368 g/mol. The number of aromatic nitrogens is 4. The van der Waals surface area contributed by atoms with Crippen LogP contribution in [0.4, 0.5) is 5.82 Å². The Bertz CT molecular complexity index is 791. The Kier molecular flexibility index (Phi) is 6.55. The maximum absolute atomic E-state index is 10.8. The summed E-state index contributed by atoms with van der Waals surface area (Å²) in [6.07, 6.45) is -2.26. The van der Waals surface area contributed by atoms with Crippen LogP contribution in [0.3, 0.4) is 0 Å². The number of phosphoric acid groups is 1. The molecule has 1 fully saturated rings. The first kappa shape index (κ1) is 20.6. The third-order valence-electron chi connectivity index (χ3n) is 3.61. The second-order valence-corrected chi connectivity index (χ2v) is 6.37. The summed E-state index contributed by atoms with van der Waals surface area (Å²) in [5.41, 5.74) is 0.808. The van der Waals surface area contributed by atoms with Gasteiger partial charge in [-0.25, -0.2) is 19.5 Å². The molecule has 0 aliphatic carbocycles. The molecule has 0 radical (unpaired) electrons. The average molecular weight is 385 g/mol. The molecule has 2 aromatic rings. The molecule has 0 spiro atoms. The zero-order valence-electron chi connectivity index (χ0n) is 14.4. The van der Waals surface area contributed by atoms with Gasteiger partial charge in [0.25, 0.3) is 0 Å². The molecule has 0 saturated carbocycles. The van der Waals surface area contributed by atoms with Crippen molar-refractivity contribution < 1.29 is 64.8 Å². The summed E-state index contributed by atoms with van der Waals surface area (Å²) in [6.45, 7) is -0.581. The molecular formula is C11H17N5NaO7P. The van der Waals surface area contributed by atoms with E-state index in [0.717, 1.165) is 0 Å². The molecule has 1 aliphatic rings. The number of aliphatic hydroxyl groups is 2. The monoisotopic (exact) mass is 385 g/mol. The number of hydrogen-bond acceptors (Lipinski definition) is 9. The molecule has 5 N–H and O–H groups in total. The molecule has 4 atom stereocenters. The Morgan fingerprint density at radius 2 is 2.08 bits per heavy atom. The van der Waals surface area contributed by atoms with Gasteiger partial charge in [-0.2, -0.15) is 0 Å². The molecule has 1 aliphatic heterocycles. The molecule has 134 valence electrons. The van der Waals surface area contributed by atoms with E-state index in [1.54, 1.807) is 7.05 Å². The Balaban J connectivity index is 0.00000169. The number of aliphatic hydroxyl groups excluding tert-OH is 2. The number of anilines is 1. The molecule has 0 amide bonds. The van der Waals surface area contributed by atoms with E-state index >= 15 is 0 Å². The van der Waals surface area contributed by atoms with E-state index in [1.807, 2.05) is 0 Å². The van der Waals surface area contributed by atoms with E-state index in [1.165, 1.54) is 17.2 Å². The number of rotatable bonds is 5. The number of nitrogens with zero attached hydrogens (tertiary/aromatic N) is 4. The van der Waals surface area contributed by atoms with Crippen molar-refractivity contribution in [3.63, 3.8) is 0 Å². The molecule has 0 unspecified atom stereocenters. The van der Waals surface area contributed by atoms with Gasteiger partial charge in [-0.3, -0.25) is 9.09 Å². The van der Waals surface area contributed by atoms with E-state index in [0.29, 0.717) is 17.0 Å². The number of imidazole rings is 1. The third-order valence-corrected chi connectivity index (χ3v) is 4.10. The van der Waals surface area contributed by atoms with E-state index in [2.05, 4.69) is 24.8 Å². The van der Waals surface area contributed by atoms with Crippen molar-refractivity contribution >= 4 is 24.8 Å². The number of hydrogen-bond donors (Lipinski definition) is 5. The van der Waals surface area contributed by atoms with Gasteiger partial charge in [-0.15, -0.1) is 0 Å². The standard InChI is InChI=1S/C11H16N5O7P.Na.H/c1-12-9-6-10(14-3-13-9)16(4-15-6)11-8(18)7(17)5(23-11)2-22-24(19,20)21;;/h3-5,7-8,11,17-18H,2H2,1H3,(H,12,13,14)(H2,19,20,21);;/q;+1;-1/t5-,7-,8-,11-;;/m1../s1. The van der Waals surface area contributed by atoms with E-state index < -0.39 is 39.0 Å². The van der Waals surface area contributed by atoms with Crippen LogP contribution in [-0.2, 0) is 13.8 Å². The predicted octanol–water partition coefficient (Wildman–Crippen LogP) is -4.29. The normalized spacial score (nSPS) is 26.6. The van der Waals surface area contributed by atoms with Gasteiger partial charge < -0.3 is 31.5 Å². The minimum atomic E-state index is -4.71. The van der Waals surface area contributed by atoms with Gasteiger partial charge in [0.2, 0.25) is 0 Å². The molecule has 3 rings (SSSR count). The Morgan fingerprint density at radius 1 is 1.36 bits per heavy atom. The van der Waals surface area contributed by atoms with Crippen molar-refractivity contribution in [1.82, 2.24) is 19.5 Å². The van der Waals surface area contributed by atoms with E-state index in [9.17, 15) is 14.8 Å². The fraction of sp³-hybridized carbons (Fsp3) is 0.545. The van der Waals surface area contributed by atoms with Crippen molar-refractivity contribution in [3.05, 3.63) is 12.7 Å². The summed E-state index contributed by atoms with van der Waals surface area (Å²) in [7, 11) is -3.05. The molecule has 25 heavy (non-hydrogen) atoms. The number of nitrogens with one attached hydrogen (secondary N) is 1. The minimum absolute atomic E-state index is 0. The van der Waals surface area contributed by atoms with Crippen molar-refractivity contribution in [2.75, 3.05) is 19.0 Å². The Hall–Kier alpha value is -0.660. The van der Waals surface area contributed by atoms with Crippen molar-refractivity contribution in [3.8, 4) is 0 Å². The van der Waals surface area contributed by atoms with Gasteiger partial charge in [0.1, 0.15) is 30.2 Å². The van der Waals surface area contributed by atoms with Gasteiger partial charge in [0.15, 0.2) is 17.7 Å². The average Bonchev–Trinajstić information content (AvgIpc) is 3.07. The van der Waals surface area contributed by atoms with Gasteiger partial charge >= 0.3 is 37.4 Å². The topological polar surface area (TPSA) is 172 Å². The third kappa shape index (κ3) is 4.19. The van der Waals surface area contributed by atoms with E-state index in [4.69, 9.17) is 14.5 Å². The molecule has 12 nitrogen and oxygen atoms in total. The van der Waals surface area contributed by atoms with Crippen molar-refractivity contribution in [1.29, 1.82) is 0 Å². The first-order valence-corrected chi connectivity index (χ1v) is 8.42. The zero-order valence-corrected chi connectivity index (χ0v) is 16.3. The fourth-order valence-electron chi connectivity index (χ4n) is 2.49. The summed E-state index contributed by atoms with van der Waals surface area (Å²) < 4.78 is 22.0. The van der Waals surface area contributed by atoms with Crippen LogP contribution in [0.1, 0.15) is 7.65 Å². The molecule has 3 heterocycles. The summed E-state index contributed by atoms with van der Waals surface area (Å²) in [6, 6.07) is 0. The van der Waals surface area contributed by atoms with Gasteiger partial charge in [0.05, 0.1) is 12.9 Å². The maximum atomic E-state index is 10.8. The molecule has 14 heteroatoms. The molecule has 0 aromatic carbocycles. The quantitative estimate of drug-likeness (QED) is 0.249. The van der Waals surface area contributed by atoms with Gasteiger partial charge in [-0.05, 0) is 0 Å². The summed E-state index contributed by atoms with van der Waals surface area (Å²) in [5, 5.41) is 23.0. The number of phosphoric ester groups is 1. The number of fused-ring (bicyclic) bond motifs is 1. The summed E-state index contributed by atoms with van der Waals surface area (Å²) in [5.74, 6) is 0.480. The zero-order chi connectivity index (χ0) is 17.5. The van der Waals surface area contributed by atoms with Gasteiger partial charge in [-0.1, -0.05) is 0 Å². The summed E-state index contributed by atoms with van der Waals surface area (Å²) >= 11 is 0. The van der Waals surface area contributed by atoms with E-state index in [-0.39, 0.29) is 31.0 Å². The molecule has 0 bridgehead atoms. The van der Waals surface area contributed by atoms with Crippen molar-refractivity contribution in [2.24, 2.45) is 0 Å². The fourth-order valence-corrected chi connectivity index (χ4v) is 2.83. The smallest absolute Gasteiger partial charge is 1.00 e. The molecule has 2 aromatic heterocycles. The van der Waals surface area contributed by atoms with Crippen LogP contribution in [0.25, 0.3) is 11.2 Å². The van der Waals surface area contributed by atoms with Crippen LogP contribution in [0.5, 0.6) is 0 Å². The second kappa shape index (κ2) is 7.92. The largest absolute Gasteiger partial charge is 1.00 e. The van der Waals surface area contributed by atoms with Crippen LogP contribution < -0.4 is 34.9 Å². The second-order valence-electron chi connectivity index (χ2n) is 5.13. The summed E-state index contributed by atoms with van der Waals surface area (Å²) in [4.78, 5) is 29.7. The van der Waals surface area contributed by atoms with Crippen LogP contribution in [0, 0.1) is 0 Å². The minimum Gasteiger partial charge on any atom is -1.00 e.